The number of benzene rings is 1. The highest BCUT2D eigenvalue weighted by Gasteiger charge is 2.12. The van der Waals surface area contributed by atoms with E-state index in [0.29, 0.717) is 11.5 Å². The van der Waals surface area contributed by atoms with Gasteiger partial charge in [0.05, 0.1) is 0 Å². The SMILES string of the molecule is O=C(O)c1cccc2nc(-c3ccc(Br)cc3)nn12. The van der Waals surface area contributed by atoms with E-state index in [0.717, 1.165) is 10.0 Å². The second-order valence-electron chi connectivity index (χ2n) is 3.93. The molecule has 3 rings (SSSR count). The fraction of sp³-hybridized carbons (Fsp3) is 0. The second-order valence-corrected chi connectivity index (χ2v) is 4.84. The van der Waals surface area contributed by atoms with Gasteiger partial charge in [-0.15, -0.1) is 5.10 Å². The molecule has 6 heteroatoms. The number of carboxylic acid groups (broad SMARTS) is 1. The van der Waals surface area contributed by atoms with E-state index in [4.69, 9.17) is 5.11 Å². The van der Waals surface area contributed by atoms with E-state index < -0.39 is 5.97 Å². The highest BCUT2D eigenvalue weighted by molar-refractivity contribution is 9.10. The van der Waals surface area contributed by atoms with Gasteiger partial charge in [0.1, 0.15) is 0 Å². The summed E-state index contributed by atoms with van der Waals surface area (Å²) < 4.78 is 2.30. The van der Waals surface area contributed by atoms with Gasteiger partial charge in [-0.2, -0.15) is 0 Å². The number of aromatic carboxylic acids is 1. The first-order valence-corrected chi connectivity index (χ1v) is 6.29. The van der Waals surface area contributed by atoms with Gasteiger partial charge in [0, 0.05) is 10.0 Å². The Kier molecular flexibility index (Phi) is 2.79. The summed E-state index contributed by atoms with van der Waals surface area (Å²) >= 11 is 3.36. The van der Waals surface area contributed by atoms with Crippen LogP contribution in [0.15, 0.2) is 46.9 Å². The van der Waals surface area contributed by atoms with Gasteiger partial charge >= 0.3 is 5.97 Å². The molecule has 3 aromatic rings. The van der Waals surface area contributed by atoms with Crippen LogP contribution in [-0.2, 0) is 0 Å². The predicted octanol–water partition coefficient (Wildman–Crippen LogP) is 2.86. The van der Waals surface area contributed by atoms with E-state index in [1.165, 1.54) is 10.6 Å². The summed E-state index contributed by atoms with van der Waals surface area (Å²) in [7, 11) is 0. The lowest BCUT2D eigenvalue weighted by molar-refractivity contribution is 0.0687. The first-order chi connectivity index (χ1) is 9.15. The third-order valence-corrected chi connectivity index (χ3v) is 3.21. The monoisotopic (exact) mass is 317 g/mol. The van der Waals surface area contributed by atoms with E-state index in [-0.39, 0.29) is 5.69 Å². The molecule has 0 amide bonds. The molecular formula is C13H8BrN3O2. The number of aromatic nitrogens is 3. The van der Waals surface area contributed by atoms with Crippen molar-refractivity contribution in [2.45, 2.75) is 0 Å². The lowest BCUT2D eigenvalue weighted by atomic mass is 10.2. The Morgan fingerprint density at radius 3 is 2.58 bits per heavy atom. The van der Waals surface area contributed by atoms with E-state index >= 15 is 0 Å². The van der Waals surface area contributed by atoms with Crippen LogP contribution in [0.4, 0.5) is 0 Å². The van der Waals surface area contributed by atoms with Crippen LogP contribution in [0.1, 0.15) is 10.5 Å². The van der Waals surface area contributed by atoms with Crippen molar-refractivity contribution in [1.29, 1.82) is 0 Å². The van der Waals surface area contributed by atoms with Crippen molar-refractivity contribution < 1.29 is 9.90 Å². The van der Waals surface area contributed by atoms with Gasteiger partial charge in [0.2, 0.25) is 0 Å². The molecule has 0 bridgehead atoms. The molecule has 0 unspecified atom stereocenters. The highest BCUT2D eigenvalue weighted by Crippen LogP contribution is 2.19. The van der Waals surface area contributed by atoms with E-state index in [2.05, 4.69) is 26.0 Å². The summed E-state index contributed by atoms with van der Waals surface area (Å²) in [5.41, 5.74) is 1.44. The van der Waals surface area contributed by atoms with Crippen LogP contribution in [0.2, 0.25) is 0 Å². The number of pyridine rings is 1. The summed E-state index contributed by atoms with van der Waals surface area (Å²) in [6.45, 7) is 0. The minimum atomic E-state index is -1.03. The average molecular weight is 318 g/mol. The van der Waals surface area contributed by atoms with Crippen molar-refractivity contribution in [3.05, 3.63) is 52.6 Å². The molecule has 0 aliphatic rings. The molecule has 2 aromatic heterocycles. The molecule has 1 aromatic carbocycles. The quantitative estimate of drug-likeness (QED) is 0.789. The number of halogens is 1. The van der Waals surface area contributed by atoms with Crippen LogP contribution >= 0.6 is 15.9 Å². The molecular weight excluding hydrogens is 310 g/mol. The summed E-state index contributed by atoms with van der Waals surface area (Å²) in [5.74, 6) is -0.529. The van der Waals surface area contributed by atoms with Crippen molar-refractivity contribution in [2.75, 3.05) is 0 Å². The Balaban J connectivity index is 2.19. The van der Waals surface area contributed by atoms with Gasteiger partial charge in [0.25, 0.3) is 0 Å². The number of carbonyl (C=O) groups is 1. The maximum Gasteiger partial charge on any atom is 0.354 e. The standard InChI is InChI=1S/C13H8BrN3O2/c14-9-6-4-8(5-7-9)12-15-11-3-1-2-10(13(18)19)17(11)16-12/h1-7H,(H,18,19). The van der Waals surface area contributed by atoms with E-state index in [1.54, 1.807) is 12.1 Å². The fourth-order valence-electron chi connectivity index (χ4n) is 1.79. The van der Waals surface area contributed by atoms with E-state index in [9.17, 15) is 4.79 Å². The van der Waals surface area contributed by atoms with Crippen LogP contribution in [0.3, 0.4) is 0 Å². The zero-order chi connectivity index (χ0) is 13.4. The summed E-state index contributed by atoms with van der Waals surface area (Å²) in [4.78, 5) is 15.4. The van der Waals surface area contributed by atoms with Gasteiger partial charge in [-0.25, -0.2) is 14.3 Å². The molecule has 0 atom stereocenters. The molecule has 5 nitrogen and oxygen atoms in total. The second kappa shape index (κ2) is 4.47. The number of nitrogens with zero attached hydrogens (tertiary/aromatic N) is 3. The molecule has 0 aliphatic carbocycles. The Labute approximate surface area is 116 Å². The smallest absolute Gasteiger partial charge is 0.354 e. The van der Waals surface area contributed by atoms with Gasteiger partial charge in [-0.05, 0) is 24.3 Å². The normalized spacial score (nSPS) is 10.8. The zero-order valence-corrected chi connectivity index (χ0v) is 11.2. The Morgan fingerprint density at radius 1 is 1.16 bits per heavy atom. The largest absolute Gasteiger partial charge is 0.477 e. The molecule has 0 saturated carbocycles. The molecule has 94 valence electrons. The lowest BCUT2D eigenvalue weighted by Crippen LogP contribution is -2.05. The third-order valence-electron chi connectivity index (χ3n) is 2.68. The highest BCUT2D eigenvalue weighted by atomic mass is 79.9. The van der Waals surface area contributed by atoms with Crippen LogP contribution in [0.5, 0.6) is 0 Å². The molecule has 2 heterocycles. The minimum absolute atomic E-state index is 0.0911. The maximum atomic E-state index is 11.1. The molecule has 1 N–H and O–H groups in total. The first kappa shape index (κ1) is 11.9. The number of hydrogen-bond acceptors (Lipinski definition) is 3. The van der Waals surface area contributed by atoms with Gasteiger partial charge in [-0.1, -0.05) is 34.1 Å². The molecule has 0 spiro atoms. The Bertz CT molecular complexity index is 765. The molecule has 0 radical (unpaired) electrons. The van der Waals surface area contributed by atoms with Gasteiger partial charge in [0.15, 0.2) is 17.2 Å². The van der Waals surface area contributed by atoms with Gasteiger partial charge < -0.3 is 5.11 Å². The topological polar surface area (TPSA) is 67.5 Å². The fourth-order valence-corrected chi connectivity index (χ4v) is 2.05. The minimum Gasteiger partial charge on any atom is -0.477 e. The lowest BCUT2D eigenvalue weighted by Gasteiger charge is -1.96. The molecule has 0 saturated heterocycles. The van der Waals surface area contributed by atoms with Crippen LogP contribution in [-0.4, -0.2) is 25.7 Å². The number of hydrogen-bond donors (Lipinski definition) is 1. The van der Waals surface area contributed by atoms with Gasteiger partial charge in [-0.3, -0.25) is 0 Å². The van der Waals surface area contributed by atoms with Crippen molar-refractivity contribution in [3.63, 3.8) is 0 Å². The number of carboxylic acids is 1. The van der Waals surface area contributed by atoms with E-state index in [1.807, 2.05) is 24.3 Å². The maximum absolute atomic E-state index is 11.1. The molecule has 19 heavy (non-hydrogen) atoms. The molecule has 0 aliphatic heterocycles. The summed E-state index contributed by atoms with van der Waals surface area (Å²) in [6, 6.07) is 12.4. The third kappa shape index (κ3) is 2.10. The van der Waals surface area contributed by atoms with Crippen molar-refractivity contribution in [1.82, 2.24) is 14.6 Å². The van der Waals surface area contributed by atoms with Crippen molar-refractivity contribution in [3.8, 4) is 11.4 Å². The Hall–Kier alpha value is -2.21. The summed E-state index contributed by atoms with van der Waals surface area (Å²) in [5, 5.41) is 13.3. The van der Waals surface area contributed by atoms with Crippen LogP contribution < -0.4 is 0 Å². The Morgan fingerprint density at radius 2 is 1.89 bits per heavy atom. The summed E-state index contributed by atoms with van der Waals surface area (Å²) in [6.07, 6.45) is 0. The van der Waals surface area contributed by atoms with Crippen LogP contribution in [0, 0.1) is 0 Å². The molecule has 0 fully saturated rings. The van der Waals surface area contributed by atoms with Crippen molar-refractivity contribution >= 4 is 27.5 Å². The predicted molar refractivity (Wildman–Crippen MR) is 73.1 cm³/mol. The van der Waals surface area contributed by atoms with Crippen LogP contribution in [0.25, 0.3) is 17.0 Å². The van der Waals surface area contributed by atoms with Crippen molar-refractivity contribution in [2.24, 2.45) is 0 Å². The number of fused-ring (bicyclic) bond motifs is 1. The average Bonchev–Trinajstić information content (AvgIpc) is 2.82. The number of rotatable bonds is 2. The first-order valence-electron chi connectivity index (χ1n) is 5.50. The zero-order valence-electron chi connectivity index (χ0n) is 9.62.